The van der Waals surface area contributed by atoms with Gasteiger partial charge in [0.2, 0.25) is 5.75 Å². The Balaban J connectivity index is 2.03. The van der Waals surface area contributed by atoms with E-state index in [0.29, 0.717) is 35.1 Å². The van der Waals surface area contributed by atoms with E-state index in [2.05, 4.69) is 5.32 Å². The minimum atomic E-state index is -1.04. The first-order chi connectivity index (χ1) is 12.0. The second kappa shape index (κ2) is 8.39. The summed E-state index contributed by atoms with van der Waals surface area (Å²) >= 11 is 0.941. The lowest BCUT2D eigenvalue weighted by atomic mass is 10.1. The molecule has 7 nitrogen and oxygen atoms in total. The van der Waals surface area contributed by atoms with E-state index < -0.39 is 5.97 Å². The summed E-state index contributed by atoms with van der Waals surface area (Å²) in [4.78, 5) is 23.4. The molecule has 0 radical (unpaired) electrons. The number of nitrogens with one attached hydrogen (secondary N) is 1. The first-order valence-electron chi connectivity index (χ1n) is 7.41. The van der Waals surface area contributed by atoms with Crippen LogP contribution in [0, 0.1) is 0 Å². The third kappa shape index (κ3) is 4.21. The third-order valence-corrected chi connectivity index (χ3v) is 4.58. The molecule has 0 aliphatic carbocycles. The second-order valence-corrected chi connectivity index (χ2v) is 6.05. The maximum atomic E-state index is 12.1. The van der Waals surface area contributed by atoms with E-state index in [1.54, 1.807) is 20.3 Å². The fourth-order valence-electron chi connectivity index (χ4n) is 2.33. The monoisotopic (exact) mass is 365 g/mol. The summed E-state index contributed by atoms with van der Waals surface area (Å²) in [6.45, 7) is 0.366. The van der Waals surface area contributed by atoms with E-state index in [1.165, 1.54) is 19.2 Å². The van der Waals surface area contributed by atoms with E-state index in [0.717, 1.165) is 16.9 Å². The van der Waals surface area contributed by atoms with Crippen molar-refractivity contribution in [3.05, 3.63) is 39.6 Å². The fourth-order valence-corrected chi connectivity index (χ4v) is 3.09. The van der Waals surface area contributed by atoms with Crippen LogP contribution in [0.4, 0.5) is 0 Å². The highest BCUT2D eigenvalue weighted by Crippen LogP contribution is 2.39. The van der Waals surface area contributed by atoms with Crippen LogP contribution in [-0.4, -0.2) is 44.9 Å². The van der Waals surface area contributed by atoms with Gasteiger partial charge in [-0.2, -0.15) is 0 Å². The van der Waals surface area contributed by atoms with Gasteiger partial charge in [0.05, 0.1) is 26.2 Å². The van der Waals surface area contributed by atoms with Crippen molar-refractivity contribution in [3.63, 3.8) is 0 Å². The number of carboxylic acids is 1. The molecule has 0 fully saturated rings. The average Bonchev–Trinajstić information content (AvgIpc) is 3.11. The smallest absolute Gasteiger partial charge is 0.345 e. The minimum Gasteiger partial charge on any atom is -0.493 e. The molecule has 1 amide bonds. The molecule has 0 spiro atoms. The highest BCUT2D eigenvalue weighted by Gasteiger charge is 2.16. The van der Waals surface area contributed by atoms with Gasteiger partial charge in [-0.1, -0.05) is 6.07 Å². The fraction of sp³-hybridized carbons (Fsp3) is 0.294. The molecule has 1 aromatic carbocycles. The number of amides is 1. The van der Waals surface area contributed by atoms with E-state index in [9.17, 15) is 9.59 Å². The molecule has 0 bridgehead atoms. The van der Waals surface area contributed by atoms with Crippen LogP contribution in [0.5, 0.6) is 17.2 Å². The van der Waals surface area contributed by atoms with Gasteiger partial charge in [0.15, 0.2) is 11.5 Å². The van der Waals surface area contributed by atoms with E-state index in [-0.39, 0.29) is 10.8 Å². The van der Waals surface area contributed by atoms with Gasteiger partial charge < -0.3 is 24.6 Å². The number of aromatic carboxylic acids is 1. The van der Waals surface area contributed by atoms with Gasteiger partial charge in [0.1, 0.15) is 4.88 Å². The number of benzene rings is 1. The Morgan fingerprint density at radius 2 is 1.68 bits per heavy atom. The summed E-state index contributed by atoms with van der Waals surface area (Å²) in [6, 6.07) is 6.54. The van der Waals surface area contributed by atoms with Gasteiger partial charge in [-0.3, -0.25) is 4.79 Å². The van der Waals surface area contributed by atoms with Gasteiger partial charge in [-0.15, -0.1) is 11.3 Å². The summed E-state index contributed by atoms with van der Waals surface area (Å²) < 4.78 is 16.0. The zero-order chi connectivity index (χ0) is 18.4. The molecule has 2 N–H and O–H groups in total. The molecule has 1 aromatic heterocycles. The molecule has 0 aliphatic rings. The van der Waals surface area contributed by atoms with Gasteiger partial charge in [0, 0.05) is 12.1 Å². The number of hydrogen-bond acceptors (Lipinski definition) is 6. The molecule has 25 heavy (non-hydrogen) atoms. The van der Waals surface area contributed by atoms with Crippen molar-refractivity contribution >= 4 is 23.2 Å². The quantitative estimate of drug-likeness (QED) is 0.746. The van der Waals surface area contributed by atoms with Crippen LogP contribution < -0.4 is 19.5 Å². The maximum absolute atomic E-state index is 12.1. The van der Waals surface area contributed by atoms with Crippen molar-refractivity contribution in [2.24, 2.45) is 0 Å². The maximum Gasteiger partial charge on any atom is 0.345 e. The molecule has 0 unspecified atom stereocenters. The number of hydrogen-bond donors (Lipinski definition) is 2. The minimum absolute atomic E-state index is 0.131. The van der Waals surface area contributed by atoms with Crippen molar-refractivity contribution in [1.29, 1.82) is 0 Å². The van der Waals surface area contributed by atoms with Gasteiger partial charge in [-0.25, -0.2) is 4.79 Å². The summed E-state index contributed by atoms with van der Waals surface area (Å²) in [5.41, 5.74) is 0.859. The van der Waals surface area contributed by atoms with Crippen LogP contribution in [0.3, 0.4) is 0 Å². The molecule has 0 saturated carbocycles. The average molecular weight is 365 g/mol. The predicted molar refractivity (Wildman–Crippen MR) is 93.4 cm³/mol. The molecule has 1 heterocycles. The lowest BCUT2D eigenvalue weighted by molar-refractivity contribution is 0.0702. The highest BCUT2D eigenvalue weighted by atomic mass is 32.1. The summed E-state index contributed by atoms with van der Waals surface area (Å²) in [7, 11) is 4.62. The molecule has 8 heteroatoms. The molecular formula is C17H19NO6S. The lowest BCUT2D eigenvalue weighted by Crippen LogP contribution is -2.25. The van der Waals surface area contributed by atoms with E-state index in [1.807, 2.05) is 6.07 Å². The van der Waals surface area contributed by atoms with Crippen LogP contribution in [0.2, 0.25) is 0 Å². The van der Waals surface area contributed by atoms with Crippen LogP contribution in [0.1, 0.15) is 24.9 Å². The highest BCUT2D eigenvalue weighted by molar-refractivity contribution is 7.15. The van der Waals surface area contributed by atoms with Crippen LogP contribution >= 0.6 is 11.3 Å². The number of ether oxygens (including phenoxy) is 3. The van der Waals surface area contributed by atoms with Crippen molar-refractivity contribution in [1.82, 2.24) is 5.32 Å². The molecule has 134 valence electrons. The lowest BCUT2D eigenvalue weighted by Gasteiger charge is -2.15. The normalized spacial score (nSPS) is 10.2. The molecule has 2 aromatic rings. The molecule has 0 saturated heterocycles. The number of carbonyl (C=O) groups is 2. The van der Waals surface area contributed by atoms with E-state index in [4.69, 9.17) is 19.3 Å². The summed E-state index contributed by atoms with van der Waals surface area (Å²) in [5.74, 6) is 0.265. The molecular weight excluding hydrogens is 346 g/mol. The molecule has 0 atom stereocenters. The molecule has 2 rings (SSSR count). The number of methoxy groups -OCH3 is 3. The third-order valence-electron chi connectivity index (χ3n) is 3.51. The largest absolute Gasteiger partial charge is 0.493 e. The SMILES string of the molecule is COc1ccc(CCNC(=O)c2ccc(C(=O)O)s2)c(OC)c1OC. The zero-order valence-corrected chi connectivity index (χ0v) is 14.9. The number of carboxylic acid groups (broad SMARTS) is 1. The zero-order valence-electron chi connectivity index (χ0n) is 14.1. The number of rotatable bonds is 8. The van der Waals surface area contributed by atoms with Crippen molar-refractivity contribution in [2.45, 2.75) is 6.42 Å². The first-order valence-corrected chi connectivity index (χ1v) is 8.22. The van der Waals surface area contributed by atoms with Crippen LogP contribution in [0.25, 0.3) is 0 Å². The summed E-state index contributed by atoms with van der Waals surface area (Å²) in [6.07, 6.45) is 0.520. The Hall–Kier alpha value is -2.74. The standard InChI is InChI=1S/C17H19NO6S/c1-22-11-5-4-10(14(23-2)15(11)24-3)8-9-18-16(19)12-6-7-13(25-12)17(20)21/h4-7H,8-9H2,1-3H3,(H,18,19)(H,20,21). The Kier molecular flexibility index (Phi) is 6.24. The van der Waals surface area contributed by atoms with Crippen molar-refractivity contribution < 1.29 is 28.9 Å². The Morgan fingerprint density at radius 3 is 2.24 bits per heavy atom. The van der Waals surface area contributed by atoms with Crippen molar-refractivity contribution in [3.8, 4) is 17.2 Å². The Labute approximate surface area is 149 Å². The van der Waals surface area contributed by atoms with Gasteiger partial charge in [-0.05, 0) is 24.6 Å². The van der Waals surface area contributed by atoms with Crippen molar-refractivity contribution in [2.75, 3.05) is 27.9 Å². The summed E-state index contributed by atoms with van der Waals surface area (Å²) in [5, 5.41) is 11.7. The van der Waals surface area contributed by atoms with Crippen LogP contribution in [-0.2, 0) is 6.42 Å². The van der Waals surface area contributed by atoms with Crippen LogP contribution in [0.15, 0.2) is 24.3 Å². The van der Waals surface area contributed by atoms with Gasteiger partial charge >= 0.3 is 5.97 Å². The number of carbonyl (C=O) groups excluding carboxylic acids is 1. The Morgan fingerprint density at radius 1 is 1.00 bits per heavy atom. The topological polar surface area (TPSA) is 94.1 Å². The van der Waals surface area contributed by atoms with E-state index >= 15 is 0 Å². The predicted octanol–water partition coefficient (Wildman–Crippen LogP) is 2.44. The van der Waals surface area contributed by atoms with Gasteiger partial charge in [0.25, 0.3) is 5.91 Å². The first kappa shape index (κ1) is 18.6. The number of thiophene rings is 1. The second-order valence-electron chi connectivity index (χ2n) is 4.97. The Bertz CT molecular complexity index is 770. The molecule has 0 aliphatic heterocycles.